The van der Waals surface area contributed by atoms with Crippen LogP contribution in [0.4, 0.5) is 4.79 Å². The third kappa shape index (κ3) is 9.24. The van der Waals surface area contributed by atoms with Crippen molar-refractivity contribution in [2.75, 3.05) is 13.2 Å². The Hall–Kier alpha value is -4.40. The van der Waals surface area contributed by atoms with Crippen LogP contribution in [-0.4, -0.2) is 35.6 Å². The predicted octanol–water partition coefficient (Wildman–Crippen LogP) is 3.81. The zero-order valence-electron chi connectivity index (χ0n) is 21.4. The van der Waals surface area contributed by atoms with E-state index in [1.54, 1.807) is 6.20 Å². The van der Waals surface area contributed by atoms with E-state index in [1.165, 1.54) is 6.07 Å². The molecule has 3 rings (SSSR count). The van der Waals surface area contributed by atoms with Gasteiger partial charge in [0.2, 0.25) is 5.43 Å². The van der Waals surface area contributed by atoms with Crippen LogP contribution in [0.2, 0.25) is 0 Å². The van der Waals surface area contributed by atoms with Gasteiger partial charge in [0.1, 0.15) is 19.8 Å². The Balaban J connectivity index is 1.38. The lowest BCUT2D eigenvalue weighted by molar-refractivity contribution is -0.145. The molecule has 1 aromatic heterocycles. The summed E-state index contributed by atoms with van der Waals surface area (Å²) < 4.78 is 18.0. The van der Waals surface area contributed by atoms with Crippen LogP contribution in [0.25, 0.3) is 0 Å². The van der Waals surface area contributed by atoms with E-state index in [-0.39, 0.29) is 56.2 Å². The van der Waals surface area contributed by atoms with Crippen molar-refractivity contribution < 1.29 is 28.6 Å². The first-order valence-corrected chi connectivity index (χ1v) is 12.5. The number of hydrogen-bond donors (Lipinski definition) is 1. The van der Waals surface area contributed by atoms with Crippen LogP contribution < -0.4 is 15.5 Å². The normalized spacial score (nSPS) is 10.4. The zero-order valence-corrected chi connectivity index (χ0v) is 21.4. The number of pyridine rings is 1. The van der Waals surface area contributed by atoms with Gasteiger partial charge in [-0.25, -0.2) is 4.79 Å². The zero-order chi connectivity index (χ0) is 27.2. The monoisotopic (exact) mass is 520 g/mol. The largest absolute Gasteiger partial charge is 0.483 e. The summed E-state index contributed by atoms with van der Waals surface area (Å²) >= 11 is 0. The van der Waals surface area contributed by atoms with Gasteiger partial charge in [0.25, 0.3) is 0 Å². The number of ketones is 1. The lowest BCUT2D eigenvalue weighted by Gasteiger charge is -2.17. The number of benzene rings is 2. The number of esters is 1. The van der Waals surface area contributed by atoms with Crippen molar-refractivity contribution in [1.82, 2.24) is 9.88 Å². The second-order valence-electron chi connectivity index (χ2n) is 8.45. The second kappa shape index (κ2) is 15.0. The second-order valence-corrected chi connectivity index (χ2v) is 8.45. The average Bonchev–Trinajstić information content (AvgIpc) is 2.94. The van der Waals surface area contributed by atoms with E-state index >= 15 is 0 Å². The van der Waals surface area contributed by atoms with Gasteiger partial charge in [0, 0.05) is 18.7 Å². The van der Waals surface area contributed by atoms with Crippen molar-refractivity contribution in [3.05, 3.63) is 100.0 Å². The van der Waals surface area contributed by atoms with Gasteiger partial charge >= 0.3 is 12.1 Å². The number of alkyl carbamates (subject to hydrolysis) is 1. The van der Waals surface area contributed by atoms with E-state index in [0.29, 0.717) is 18.7 Å². The molecule has 0 aliphatic heterocycles. The first-order chi connectivity index (χ1) is 18.5. The number of aromatic nitrogens is 1. The number of nitrogens with one attached hydrogen (secondary N) is 1. The number of Topliss-reactive ketones (excluding diaryl/α,β-unsaturated/α-hetero) is 1. The van der Waals surface area contributed by atoms with Crippen molar-refractivity contribution in [2.24, 2.45) is 0 Å². The maximum atomic E-state index is 12.4. The number of carbonyl (C=O) groups excluding carboxylic acids is 3. The number of nitrogens with zero attached hydrogens (tertiary/aromatic N) is 1. The minimum Gasteiger partial charge on any atom is -0.483 e. The first kappa shape index (κ1) is 28.2. The van der Waals surface area contributed by atoms with Gasteiger partial charge in [-0.2, -0.15) is 0 Å². The SMILES string of the molecule is CCc1c(OCc2ccccc2)c(=O)ccn1CCOC(=O)CCC(=O)CNC(=O)OCc1ccccc1. The first-order valence-electron chi connectivity index (χ1n) is 12.5. The van der Waals surface area contributed by atoms with Gasteiger partial charge in [-0.05, 0) is 17.5 Å². The molecule has 0 unspecified atom stereocenters. The minimum absolute atomic E-state index is 0.0620. The Labute approximate surface area is 221 Å². The number of amides is 1. The molecule has 0 aliphatic rings. The molecule has 2 aromatic carbocycles. The fourth-order valence-corrected chi connectivity index (χ4v) is 3.66. The van der Waals surface area contributed by atoms with E-state index in [4.69, 9.17) is 14.2 Å². The molecule has 9 nitrogen and oxygen atoms in total. The van der Waals surface area contributed by atoms with Crippen LogP contribution in [-0.2, 0) is 45.2 Å². The summed E-state index contributed by atoms with van der Waals surface area (Å²) in [7, 11) is 0. The van der Waals surface area contributed by atoms with Crippen molar-refractivity contribution in [2.45, 2.75) is 45.9 Å². The van der Waals surface area contributed by atoms with Crippen molar-refractivity contribution in [3.8, 4) is 5.75 Å². The molecule has 200 valence electrons. The van der Waals surface area contributed by atoms with Crippen LogP contribution in [0.5, 0.6) is 5.75 Å². The number of rotatable bonds is 14. The summed E-state index contributed by atoms with van der Waals surface area (Å²) in [6.45, 7) is 2.47. The summed E-state index contributed by atoms with van der Waals surface area (Å²) in [4.78, 5) is 48.3. The summed E-state index contributed by atoms with van der Waals surface area (Å²) in [5.41, 5.74) is 2.29. The highest BCUT2D eigenvalue weighted by atomic mass is 16.5. The molecule has 0 atom stereocenters. The smallest absolute Gasteiger partial charge is 0.407 e. The molecule has 0 radical (unpaired) electrons. The Morgan fingerprint density at radius 3 is 2.16 bits per heavy atom. The highest BCUT2D eigenvalue weighted by Crippen LogP contribution is 2.16. The molecule has 0 fully saturated rings. The lowest BCUT2D eigenvalue weighted by Crippen LogP contribution is -2.30. The molecule has 0 aliphatic carbocycles. The molecule has 1 heterocycles. The molecule has 1 amide bonds. The van der Waals surface area contributed by atoms with E-state index in [2.05, 4.69) is 5.32 Å². The molecule has 0 saturated heterocycles. The fourth-order valence-electron chi connectivity index (χ4n) is 3.66. The number of carbonyl (C=O) groups is 3. The third-order valence-corrected chi connectivity index (χ3v) is 5.65. The number of ether oxygens (including phenoxy) is 3. The maximum absolute atomic E-state index is 12.4. The fraction of sp³-hybridized carbons (Fsp3) is 0.310. The van der Waals surface area contributed by atoms with Crippen molar-refractivity contribution in [3.63, 3.8) is 0 Å². The Bertz CT molecular complexity index is 1260. The van der Waals surface area contributed by atoms with E-state index < -0.39 is 12.1 Å². The van der Waals surface area contributed by atoms with Crippen LogP contribution in [0.15, 0.2) is 77.7 Å². The molecule has 38 heavy (non-hydrogen) atoms. The number of hydrogen-bond acceptors (Lipinski definition) is 7. The van der Waals surface area contributed by atoms with Crippen molar-refractivity contribution >= 4 is 17.8 Å². The third-order valence-electron chi connectivity index (χ3n) is 5.65. The molecule has 0 bridgehead atoms. The quantitative estimate of drug-likeness (QED) is 0.322. The van der Waals surface area contributed by atoms with E-state index in [0.717, 1.165) is 11.1 Å². The van der Waals surface area contributed by atoms with Crippen LogP contribution in [0.1, 0.15) is 36.6 Å². The lowest BCUT2D eigenvalue weighted by atomic mass is 10.2. The molecule has 3 aromatic rings. The van der Waals surface area contributed by atoms with Gasteiger partial charge < -0.3 is 24.1 Å². The Morgan fingerprint density at radius 2 is 1.50 bits per heavy atom. The molecular formula is C29H32N2O7. The van der Waals surface area contributed by atoms with Crippen molar-refractivity contribution in [1.29, 1.82) is 0 Å². The van der Waals surface area contributed by atoms with Gasteiger partial charge in [-0.3, -0.25) is 14.4 Å². The molecular weight excluding hydrogens is 488 g/mol. The van der Waals surface area contributed by atoms with Gasteiger partial charge in [0.05, 0.1) is 25.2 Å². The molecule has 0 saturated carbocycles. The minimum atomic E-state index is -0.704. The van der Waals surface area contributed by atoms with Gasteiger partial charge in [-0.1, -0.05) is 67.6 Å². The standard InChI is InChI=1S/C29H32N2O7/c1-2-25-28(37-20-22-9-5-3-6-10-22)26(33)15-16-31(25)17-18-36-27(34)14-13-24(32)19-30-29(35)38-21-23-11-7-4-8-12-23/h3-12,15-16H,2,13-14,17-21H2,1H3,(H,30,35). The predicted molar refractivity (Wildman–Crippen MR) is 141 cm³/mol. The summed E-state index contributed by atoms with van der Waals surface area (Å²) in [5.74, 6) is -0.553. The Kier molecular flexibility index (Phi) is 11.1. The highest BCUT2D eigenvalue weighted by Gasteiger charge is 2.13. The van der Waals surface area contributed by atoms with Gasteiger partial charge in [-0.15, -0.1) is 0 Å². The molecule has 9 heteroatoms. The molecule has 1 N–H and O–H groups in total. The maximum Gasteiger partial charge on any atom is 0.407 e. The Morgan fingerprint density at radius 1 is 0.842 bits per heavy atom. The van der Waals surface area contributed by atoms with E-state index in [9.17, 15) is 19.2 Å². The van der Waals surface area contributed by atoms with Gasteiger partial charge in [0.15, 0.2) is 11.5 Å². The van der Waals surface area contributed by atoms with Crippen LogP contribution in [0.3, 0.4) is 0 Å². The molecule has 0 spiro atoms. The summed E-state index contributed by atoms with van der Waals surface area (Å²) in [6.07, 6.45) is 1.34. The summed E-state index contributed by atoms with van der Waals surface area (Å²) in [5, 5.41) is 2.38. The topological polar surface area (TPSA) is 113 Å². The van der Waals surface area contributed by atoms with Crippen LogP contribution in [0, 0.1) is 0 Å². The highest BCUT2D eigenvalue weighted by molar-refractivity contribution is 5.86. The van der Waals surface area contributed by atoms with E-state index in [1.807, 2.05) is 72.2 Å². The summed E-state index contributed by atoms with van der Waals surface area (Å²) in [6, 6.07) is 20.2. The van der Waals surface area contributed by atoms with Crippen LogP contribution >= 0.6 is 0 Å². The average molecular weight is 521 g/mol.